The van der Waals surface area contributed by atoms with Crippen LogP contribution in [0.4, 0.5) is 11.4 Å². The van der Waals surface area contributed by atoms with E-state index in [-0.39, 0.29) is 9.20 Å². The molecule has 4 rings (SSSR count). The van der Waals surface area contributed by atoms with Gasteiger partial charge in [-0.1, -0.05) is 50.5 Å². The fourth-order valence-corrected chi connectivity index (χ4v) is 5.90. The Morgan fingerprint density at radius 3 is 2.50 bits per heavy atom. The highest BCUT2D eigenvalue weighted by atomic mass is 32.1. The van der Waals surface area contributed by atoms with Crippen LogP contribution in [0.1, 0.15) is 49.3 Å². The maximum absolute atomic E-state index is 13.0. The van der Waals surface area contributed by atoms with Gasteiger partial charge in [0.1, 0.15) is 17.3 Å². The first kappa shape index (κ1) is 26.9. The first-order valence-electron chi connectivity index (χ1n) is 12.6. The van der Waals surface area contributed by atoms with E-state index < -0.39 is 29.6 Å². The Morgan fingerprint density at radius 1 is 1.05 bits per heavy atom. The Labute approximate surface area is 224 Å². The number of unbranched alkanes of at least 4 members (excludes halogenated alkanes) is 3. The molecule has 0 fully saturated rings. The van der Waals surface area contributed by atoms with Gasteiger partial charge in [0.25, 0.3) is 5.56 Å². The first-order chi connectivity index (χ1) is 18.3. The molecule has 2 aromatic carbocycles. The fraction of sp³-hybridized carbons (Fsp3) is 0.310. The first-order valence-corrected chi connectivity index (χ1v) is 13.4. The number of aryl methyl sites for hydroxylation is 2. The minimum atomic E-state index is -1.51. The lowest BCUT2D eigenvalue weighted by Crippen LogP contribution is -2.35. The number of carboxylic acid groups (broad SMARTS) is 2. The van der Waals surface area contributed by atoms with Crippen LogP contribution in [0.3, 0.4) is 0 Å². The Balaban J connectivity index is 1.80. The number of para-hydroxylation sites is 1. The second-order valence-corrected chi connectivity index (χ2v) is 10.3. The summed E-state index contributed by atoms with van der Waals surface area (Å²) in [5.41, 5.74) is 4.23. The summed E-state index contributed by atoms with van der Waals surface area (Å²) in [5, 5.41) is 28.0. The summed E-state index contributed by atoms with van der Waals surface area (Å²) in [6.45, 7) is 2.37. The topological polar surface area (TPSA) is 124 Å². The zero-order valence-corrected chi connectivity index (χ0v) is 22.0. The minimum Gasteiger partial charge on any atom is -0.480 e. The Bertz CT molecular complexity index is 1600. The summed E-state index contributed by atoms with van der Waals surface area (Å²) in [6.07, 6.45) is 7.96. The lowest BCUT2D eigenvalue weighted by atomic mass is 10.0. The van der Waals surface area contributed by atoms with Crippen molar-refractivity contribution in [3.05, 3.63) is 78.7 Å². The van der Waals surface area contributed by atoms with Crippen LogP contribution in [0, 0.1) is 11.3 Å². The number of fused-ring (bicyclic) bond motifs is 2. The Hall–Kier alpha value is -4.16. The summed E-state index contributed by atoms with van der Waals surface area (Å²) in [5.74, 6) is -2.81. The van der Waals surface area contributed by atoms with Crippen LogP contribution in [-0.4, -0.2) is 33.3 Å². The van der Waals surface area contributed by atoms with Crippen molar-refractivity contribution in [2.75, 3.05) is 11.4 Å². The van der Waals surface area contributed by atoms with Crippen molar-refractivity contribution in [2.45, 2.75) is 52.0 Å². The Kier molecular flexibility index (Phi) is 8.44. The van der Waals surface area contributed by atoms with Crippen LogP contribution in [0.2, 0.25) is 0 Å². The summed E-state index contributed by atoms with van der Waals surface area (Å²) >= 11 is 0.812. The SMILES string of the molecule is CCCCCCN1c2ccccc2CCc2cc(/C=c3\s/c(=C(\C#N)C(=O)O)n(CC(=O)O)c3=O)ccc21. The number of carboxylic acids is 2. The van der Waals surface area contributed by atoms with E-state index in [0.29, 0.717) is 0 Å². The largest absolute Gasteiger partial charge is 0.480 e. The van der Waals surface area contributed by atoms with Crippen molar-refractivity contribution in [3.63, 3.8) is 0 Å². The zero-order valence-electron chi connectivity index (χ0n) is 21.1. The molecule has 3 aromatic rings. The van der Waals surface area contributed by atoms with Crippen LogP contribution in [0.25, 0.3) is 11.6 Å². The van der Waals surface area contributed by atoms with Gasteiger partial charge in [-0.25, -0.2) is 4.79 Å². The van der Waals surface area contributed by atoms with Gasteiger partial charge < -0.3 is 15.1 Å². The van der Waals surface area contributed by atoms with Crippen LogP contribution in [0.15, 0.2) is 47.3 Å². The van der Waals surface area contributed by atoms with Crippen molar-refractivity contribution >= 4 is 46.3 Å². The molecule has 0 aliphatic carbocycles. The second-order valence-electron chi connectivity index (χ2n) is 9.22. The van der Waals surface area contributed by atoms with Crippen molar-refractivity contribution in [3.8, 4) is 6.07 Å². The van der Waals surface area contributed by atoms with Gasteiger partial charge in [0.05, 0.1) is 4.53 Å². The molecule has 38 heavy (non-hydrogen) atoms. The number of rotatable bonds is 9. The van der Waals surface area contributed by atoms with Gasteiger partial charge in [0, 0.05) is 17.9 Å². The predicted molar refractivity (Wildman–Crippen MR) is 147 cm³/mol. The second kappa shape index (κ2) is 11.9. The average Bonchev–Trinajstić information content (AvgIpc) is 3.08. The number of hydrogen-bond acceptors (Lipinski definition) is 6. The molecule has 0 spiro atoms. The number of aliphatic carboxylic acids is 2. The van der Waals surface area contributed by atoms with Crippen molar-refractivity contribution in [1.82, 2.24) is 4.57 Å². The number of hydrogen-bond donors (Lipinski definition) is 2. The van der Waals surface area contributed by atoms with E-state index in [9.17, 15) is 29.9 Å². The molecule has 2 heterocycles. The van der Waals surface area contributed by atoms with Gasteiger partial charge in [-0.15, -0.1) is 11.3 Å². The molecule has 0 unspecified atom stereocenters. The molecule has 9 heteroatoms. The molecule has 0 saturated heterocycles. The molecule has 0 saturated carbocycles. The van der Waals surface area contributed by atoms with E-state index in [4.69, 9.17) is 0 Å². The molecule has 0 bridgehead atoms. The van der Waals surface area contributed by atoms with Gasteiger partial charge in [-0.05, 0) is 60.2 Å². The molecular weight excluding hydrogens is 502 g/mol. The van der Waals surface area contributed by atoms with E-state index in [1.54, 1.807) is 12.1 Å². The molecule has 1 aromatic heterocycles. The monoisotopic (exact) mass is 531 g/mol. The number of benzene rings is 2. The maximum atomic E-state index is 13.0. The number of thiazole rings is 1. The summed E-state index contributed by atoms with van der Waals surface area (Å²) in [6, 6.07) is 16.0. The summed E-state index contributed by atoms with van der Waals surface area (Å²) in [7, 11) is 0. The molecule has 0 amide bonds. The van der Waals surface area contributed by atoms with E-state index in [1.807, 2.05) is 12.1 Å². The average molecular weight is 532 g/mol. The minimum absolute atomic E-state index is 0.170. The number of nitriles is 1. The maximum Gasteiger partial charge on any atom is 0.349 e. The number of nitrogens with zero attached hydrogens (tertiary/aromatic N) is 3. The molecule has 0 atom stereocenters. The van der Waals surface area contributed by atoms with Gasteiger partial charge in [-0.2, -0.15) is 5.26 Å². The van der Waals surface area contributed by atoms with Gasteiger partial charge in [0.15, 0.2) is 5.57 Å². The van der Waals surface area contributed by atoms with Crippen LogP contribution < -0.4 is 19.7 Å². The standard InChI is InChI=1S/C29H29N3O5S/c1-2-3-4-7-14-31-23-9-6-5-8-20(23)11-12-21-15-19(10-13-24(21)31)16-25-27(35)32(18-26(33)34)28(38-25)22(17-30)29(36)37/h5-6,8-10,13,15-16H,2-4,7,11-12,14,18H2,1H3,(H,33,34)(H,36,37)/b25-16-,28-22+. The van der Waals surface area contributed by atoms with Crippen molar-refractivity contribution in [1.29, 1.82) is 5.26 Å². The van der Waals surface area contributed by atoms with Crippen LogP contribution >= 0.6 is 11.3 Å². The zero-order chi connectivity index (χ0) is 27.2. The van der Waals surface area contributed by atoms with Crippen LogP contribution in [0.5, 0.6) is 0 Å². The number of aromatic nitrogens is 1. The lowest BCUT2D eigenvalue weighted by Gasteiger charge is -2.27. The van der Waals surface area contributed by atoms with Gasteiger partial charge >= 0.3 is 11.9 Å². The van der Waals surface area contributed by atoms with E-state index in [2.05, 4.69) is 42.2 Å². The van der Waals surface area contributed by atoms with Gasteiger partial charge in [-0.3, -0.25) is 14.2 Å². The van der Waals surface area contributed by atoms with E-state index in [0.717, 1.165) is 64.9 Å². The third-order valence-corrected chi connectivity index (χ3v) is 7.74. The van der Waals surface area contributed by atoms with Crippen molar-refractivity contribution in [2.24, 2.45) is 0 Å². The predicted octanol–water partition coefficient (Wildman–Crippen LogP) is 3.40. The molecule has 0 radical (unpaired) electrons. The molecular formula is C29H29N3O5S. The molecule has 1 aliphatic rings. The van der Waals surface area contributed by atoms with Crippen LogP contribution in [-0.2, 0) is 29.0 Å². The third-order valence-electron chi connectivity index (χ3n) is 6.61. The van der Waals surface area contributed by atoms with Gasteiger partial charge in [0.2, 0.25) is 0 Å². The smallest absolute Gasteiger partial charge is 0.349 e. The van der Waals surface area contributed by atoms with E-state index in [1.165, 1.54) is 24.1 Å². The Morgan fingerprint density at radius 2 is 1.79 bits per heavy atom. The van der Waals surface area contributed by atoms with E-state index >= 15 is 0 Å². The fourth-order valence-electron chi connectivity index (χ4n) is 4.80. The highest BCUT2D eigenvalue weighted by Crippen LogP contribution is 2.36. The molecule has 196 valence electrons. The molecule has 2 N–H and O–H groups in total. The normalized spacial score (nSPS) is 13.8. The number of anilines is 2. The lowest BCUT2D eigenvalue weighted by molar-refractivity contribution is -0.138. The summed E-state index contributed by atoms with van der Waals surface area (Å²) in [4.78, 5) is 38.3. The third kappa shape index (κ3) is 5.71. The highest BCUT2D eigenvalue weighted by molar-refractivity contribution is 7.07. The number of carbonyl (C=O) groups is 2. The van der Waals surface area contributed by atoms with Crippen molar-refractivity contribution < 1.29 is 19.8 Å². The quantitative estimate of drug-likeness (QED) is 0.406. The summed E-state index contributed by atoms with van der Waals surface area (Å²) < 4.78 is 0.828. The molecule has 1 aliphatic heterocycles. The highest BCUT2D eigenvalue weighted by Gasteiger charge is 2.21. The molecule has 8 nitrogen and oxygen atoms in total.